The first-order valence-electron chi connectivity index (χ1n) is 10.0. The summed E-state index contributed by atoms with van der Waals surface area (Å²) in [7, 11) is 0. The summed E-state index contributed by atoms with van der Waals surface area (Å²) in [6.45, 7) is 8.99. The Morgan fingerprint density at radius 3 is 2.26 bits per heavy atom. The smallest absolute Gasteiger partial charge is 0.309 e. The van der Waals surface area contributed by atoms with E-state index >= 15 is 0 Å². The number of Topliss-reactive ketones (excluding diaryl/α,β-unsaturated/α-hetero) is 1. The van der Waals surface area contributed by atoms with Crippen molar-refractivity contribution < 1.29 is 14.7 Å². The minimum absolute atomic E-state index is 0.0356. The second-order valence-electron chi connectivity index (χ2n) is 8.17. The fourth-order valence-electron chi connectivity index (χ4n) is 2.97. The number of ketones is 1. The van der Waals surface area contributed by atoms with Gasteiger partial charge in [0.2, 0.25) is 0 Å². The van der Waals surface area contributed by atoms with Gasteiger partial charge in [-0.3, -0.25) is 9.59 Å². The minimum Gasteiger partial charge on any atom is -0.481 e. The topological polar surface area (TPSA) is 79.3 Å². The van der Waals surface area contributed by atoms with E-state index in [1.807, 2.05) is 47.9 Å². The molecule has 3 rings (SSSR count). The van der Waals surface area contributed by atoms with Gasteiger partial charge in [0.25, 0.3) is 0 Å². The molecule has 160 valence electrons. The van der Waals surface area contributed by atoms with Gasteiger partial charge >= 0.3 is 5.97 Å². The number of benzene rings is 2. The first-order chi connectivity index (χ1) is 14.7. The average Bonchev–Trinajstić information content (AvgIpc) is 3.22. The molecule has 2 N–H and O–H groups in total. The van der Waals surface area contributed by atoms with Crippen molar-refractivity contribution in [3.05, 3.63) is 77.8 Å². The zero-order chi connectivity index (χ0) is 22.6. The van der Waals surface area contributed by atoms with Crippen LogP contribution in [0, 0.1) is 5.41 Å². The van der Waals surface area contributed by atoms with Crippen LogP contribution in [0.5, 0.6) is 0 Å². The summed E-state index contributed by atoms with van der Waals surface area (Å²) in [6, 6.07) is 15.3. The Bertz CT molecular complexity index is 1080. The SMILES string of the molecule is C=CC(C)c1csc(Nc2ccc(-c3ccc(C(=O)CC(C)(C)C(=O)O)cc3)cc2)n1. The summed E-state index contributed by atoms with van der Waals surface area (Å²) < 4.78 is 0. The van der Waals surface area contributed by atoms with Crippen molar-refractivity contribution >= 4 is 33.9 Å². The molecule has 0 fully saturated rings. The largest absolute Gasteiger partial charge is 0.481 e. The number of rotatable bonds is 9. The number of aromatic nitrogens is 1. The number of aliphatic carboxylic acids is 1. The van der Waals surface area contributed by atoms with E-state index in [4.69, 9.17) is 0 Å². The molecule has 6 heteroatoms. The fraction of sp³-hybridized carbons (Fsp3) is 0.240. The third kappa shape index (κ3) is 5.47. The van der Waals surface area contributed by atoms with Crippen molar-refractivity contribution in [3.8, 4) is 11.1 Å². The highest BCUT2D eigenvalue weighted by Gasteiger charge is 2.30. The fourth-order valence-corrected chi connectivity index (χ4v) is 3.81. The second kappa shape index (κ2) is 9.27. The van der Waals surface area contributed by atoms with Crippen molar-refractivity contribution in [1.29, 1.82) is 0 Å². The van der Waals surface area contributed by atoms with E-state index in [1.165, 1.54) is 0 Å². The lowest BCUT2D eigenvalue weighted by Crippen LogP contribution is -2.26. The molecule has 31 heavy (non-hydrogen) atoms. The van der Waals surface area contributed by atoms with E-state index < -0.39 is 11.4 Å². The Kier molecular flexibility index (Phi) is 6.71. The van der Waals surface area contributed by atoms with Crippen molar-refractivity contribution in [2.45, 2.75) is 33.1 Å². The van der Waals surface area contributed by atoms with Gasteiger partial charge in [-0.05, 0) is 37.1 Å². The van der Waals surface area contributed by atoms with E-state index in [-0.39, 0.29) is 18.1 Å². The molecule has 0 spiro atoms. The number of allylic oxidation sites excluding steroid dienone is 1. The first-order valence-corrected chi connectivity index (χ1v) is 10.9. The number of nitrogens with one attached hydrogen (secondary N) is 1. The van der Waals surface area contributed by atoms with E-state index in [1.54, 1.807) is 37.3 Å². The van der Waals surface area contributed by atoms with E-state index in [9.17, 15) is 14.7 Å². The lowest BCUT2D eigenvalue weighted by Gasteiger charge is -2.17. The second-order valence-corrected chi connectivity index (χ2v) is 9.03. The van der Waals surface area contributed by atoms with Gasteiger partial charge in [0.1, 0.15) is 0 Å². The molecule has 0 saturated carbocycles. The van der Waals surface area contributed by atoms with Crippen LogP contribution < -0.4 is 5.32 Å². The molecule has 3 aromatic rings. The number of nitrogens with zero attached hydrogens (tertiary/aromatic N) is 1. The number of carboxylic acids is 1. The molecule has 0 saturated heterocycles. The standard InChI is InChI=1S/C25H26N2O3S/c1-5-16(2)21-15-31-24(27-21)26-20-12-10-18(11-13-20)17-6-8-19(9-7-17)22(28)14-25(3,4)23(29)30/h5-13,15-16H,1,14H2,2-4H3,(H,26,27)(H,29,30). The maximum atomic E-state index is 12.4. The summed E-state index contributed by atoms with van der Waals surface area (Å²) in [4.78, 5) is 28.2. The number of anilines is 2. The summed E-state index contributed by atoms with van der Waals surface area (Å²) in [5.41, 5.74) is 3.39. The van der Waals surface area contributed by atoms with Crippen molar-refractivity contribution in [2.24, 2.45) is 5.41 Å². The average molecular weight is 435 g/mol. The Balaban J connectivity index is 1.67. The molecule has 2 aromatic carbocycles. The summed E-state index contributed by atoms with van der Waals surface area (Å²) >= 11 is 1.56. The molecule has 0 bridgehead atoms. The van der Waals surface area contributed by atoms with Gasteiger partial charge in [-0.25, -0.2) is 4.98 Å². The maximum Gasteiger partial charge on any atom is 0.309 e. The molecule has 0 aliphatic carbocycles. The molecular weight excluding hydrogens is 408 g/mol. The number of carboxylic acid groups (broad SMARTS) is 1. The number of hydrogen-bond donors (Lipinski definition) is 2. The molecule has 0 aliphatic rings. The Hall–Kier alpha value is -3.25. The highest BCUT2D eigenvalue weighted by Crippen LogP contribution is 2.28. The highest BCUT2D eigenvalue weighted by molar-refractivity contribution is 7.13. The summed E-state index contributed by atoms with van der Waals surface area (Å²) in [5, 5.41) is 15.4. The summed E-state index contributed by atoms with van der Waals surface area (Å²) in [6.07, 6.45) is 1.84. The normalized spacial score (nSPS) is 12.2. The lowest BCUT2D eigenvalue weighted by molar-refractivity contribution is -0.146. The van der Waals surface area contributed by atoms with Crippen LogP contribution >= 0.6 is 11.3 Å². The molecule has 0 aliphatic heterocycles. The highest BCUT2D eigenvalue weighted by atomic mass is 32.1. The van der Waals surface area contributed by atoms with Crippen LogP contribution in [0.4, 0.5) is 10.8 Å². The maximum absolute atomic E-state index is 12.4. The van der Waals surface area contributed by atoms with Crippen LogP contribution in [-0.4, -0.2) is 21.8 Å². The molecule has 5 nitrogen and oxygen atoms in total. The molecular formula is C25H26N2O3S. The van der Waals surface area contributed by atoms with Gasteiger partial charge < -0.3 is 10.4 Å². The van der Waals surface area contributed by atoms with Gasteiger partial charge in [0.05, 0.1) is 11.1 Å². The summed E-state index contributed by atoms with van der Waals surface area (Å²) in [5.74, 6) is -0.929. The van der Waals surface area contributed by atoms with Crippen LogP contribution in [0.3, 0.4) is 0 Å². The van der Waals surface area contributed by atoms with Crippen molar-refractivity contribution in [3.63, 3.8) is 0 Å². The van der Waals surface area contributed by atoms with E-state index in [2.05, 4.69) is 23.8 Å². The van der Waals surface area contributed by atoms with Gasteiger partial charge in [-0.2, -0.15) is 0 Å². The quantitative estimate of drug-likeness (QED) is 0.296. The van der Waals surface area contributed by atoms with Crippen molar-refractivity contribution in [2.75, 3.05) is 5.32 Å². The molecule has 1 heterocycles. The number of carbonyl (C=O) groups excluding carboxylic acids is 1. The predicted molar refractivity (Wildman–Crippen MR) is 126 cm³/mol. The molecule has 1 atom stereocenters. The van der Waals surface area contributed by atoms with E-state index in [0.717, 1.165) is 27.6 Å². The van der Waals surface area contributed by atoms with Gasteiger partial charge in [-0.15, -0.1) is 17.9 Å². The lowest BCUT2D eigenvalue weighted by atomic mass is 9.85. The van der Waals surface area contributed by atoms with Gasteiger partial charge in [0, 0.05) is 29.0 Å². The molecule has 1 unspecified atom stereocenters. The third-order valence-electron chi connectivity index (χ3n) is 5.20. The predicted octanol–water partition coefficient (Wildman–Crippen LogP) is 6.53. The van der Waals surface area contributed by atoms with Crippen LogP contribution in [0.15, 0.2) is 66.6 Å². The first kappa shape index (κ1) is 22.4. The van der Waals surface area contributed by atoms with Crippen molar-refractivity contribution in [1.82, 2.24) is 4.98 Å². The zero-order valence-corrected chi connectivity index (χ0v) is 18.7. The third-order valence-corrected chi connectivity index (χ3v) is 5.98. The Morgan fingerprint density at radius 2 is 1.71 bits per heavy atom. The number of carbonyl (C=O) groups is 2. The molecule has 1 aromatic heterocycles. The van der Waals surface area contributed by atoms with Gasteiger partial charge in [-0.1, -0.05) is 49.4 Å². The van der Waals surface area contributed by atoms with E-state index in [0.29, 0.717) is 5.56 Å². The van der Waals surface area contributed by atoms with Gasteiger partial charge in [0.15, 0.2) is 10.9 Å². The number of thiazole rings is 1. The van der Waals surface area contributed by atoms with Crippen LogP contribution in [0.2, 0.25) is 0 Å². The Labute approximate surface area is 186 Å². The number of hydrogen-bond acceptors (Lipinski definition) is 5. The zero-order valence-electron chi connectivity index (χ0n) is 17.9. The minimum atomic E-state index is -1.08. The monoisotopic (exact) mass is 434 g/mol. The van der Waals surface area contributed by atoms with Crippen LogP contribution in [-0.2, 0) is 4.79 Å². The molecule has 0 radical (unpaired) electrons. The van der Waals surface area contributed by atoms with Crippen LogP contribution in [0.25, 0.3) is 11.1 Å². The molecule has 0 amide bonds. The van der Waals surface area contributed by atoms with Crippen LogP contribution in [0.1, 0.15) is 49.2 Å². The Morgan fingerprint density at radius 1 is 1.13 bits per heavy atom.